The van der Waals surface area contributed by atoms with Crippen LogP contribution in [-0.2, 0) is 9.59 Å². The van der Waals surface area contributed by atoms with Gasteiger partial charge in [-0.3, -0.25) is 9.59 Å². The van der Waals surface area contributed by atoms with Crippen molar-refractivity contribution < 1.29 is 14.5 Å². The number of benzene rings is 3. The quantitative estimate of drug-likeness (QED) is 0.579. The molecular formula is C26H30N3O2+. The largest absolute Gasteiger partial charge is 0.345 e. The number of hydrogen-bond donors (Lipinski definition) is 3. The fraction of sp³-hybridized carbons (Fsp3) is 0.308. The van der Waals surface area contributed by atoms with Crippen LogP contribution in [0, 0.1) is 5.92 Å². The normalized spacial score (nSPS) is 19.5. The number of fused-ring (bicyclic) bond motifs is 1. The molecule has 31 heavy (non-hydrogen) atoms. The van der Waals surface area contributed by atoms with E-state index in [1.807, 2.05) is 55.5 Å². The molecular weight excluding hydrogens is 386 g/mol. The molecule has 1 atom stereocenters. The topological polar surface area (TPSA) is 62.6 Å². The number of amides is 2. The van der Waals surface area contributed by atoms with E-state index >= 15 is 0 Å². The zero-order chi connectivity index (χ0) is 21.6. The fourth-order valence-corrected chi connectivity index (χ4v) is 4.46. The molecule has 0 spiro atoms. The predicted octanol–water partition coefficient (Wildman–Crippen LogP) is 2.95. The standard InChI is InChI=1S/C26H29N3O2/c1-19(23-13-7-9-20-8-5-6-12-24(20)23)27-25(30)18-29-16-14-21(15-17-29)26(31)28-22-10-3-2-4-11-22/h2-13,19,21H,14-18H2,1H3,(H,27,30)(H,28,31)/p+1/t19-/m1/s1. The lowest BCUT2D eigenvalue weighted by molar-refractivity contribution is -0.897. The first-order valence-electron chi connectivity index (χ1n) is 11.1. The Hall–Kier alpha value is -3.18. The van der Waals surface area contributed by atoms with Gasteiger partial charge in [0.2, 0.25) is 5.91 Å². The molecule has 3 N–H and O–H groups in total. The first-order valence-corrected chi connectivity index (χ1v) is 11.1. The number of quaternary nitrogens is 1. The molecule has 0 radical (unpaired) electrons. The van der Waals surface area contributed by atoms with Crippen LogP contribution in [-0.4, -0.2) is 31.4 Å². The van der Waals surface area contributed by atoms with Gasteiger partial charge in [-0.2, -0.15) is 0 Å². The third-order valence-electron chi connectivity index (χ3n) is 6.18. The van der Waals surface area contributed by atoms with Gasteiger partial charge in [0.15, 0.2) is 6.54 Å². The van der Waals surface area contributed by atoms with Crippen molar-refractivity contribution in [3.05, 3.63) is 78.4 Å². The van der Waals surface area contributed by atoms with Gasteiger partial charge in [0.25, 0.3) is 5.91 Å². The Bertz CT molecular complexity index is 1040. The molecule has 0 aromatic heterocycles. The molecule has 0 unspecified atom stereocenters. The molecule has 3 aromatic rings. The van der Waals surface area contributed by atoms with E-state index in [4.69, 9.17) is 0 Å². The highest BCUT2D eigenvalue weighted by molar-refractivity contribution is 5.92. The molecule has 2 amide bonds. The summed E-state index contributed by atoms with van der Waals surface area (Å²) < 4.78 is 0. The first kappa shape index (κ1) is 21.1. The van der Waals surface area contributed by atoms with Crippen molar-refractivity contribution in [1.82, 2.24) is 5.32 Å². The second-order valence-electron chi connectivity index (χ2n) is 8.41. The van der Waals surface area contributed by atoms with Crippen molar-refractivity contribution >= 4 is 28.3 Å². The van der Waals surface area contributed by atoms with E-state index in [0.717, 1.165) is 37.2 Å². The van der Waals surface area contributed by atoms with Gasteiger partial charge in [0.1, 0.15) is 0 Å². The molecule has 1 aliphatic heterocycles. The lowest BCUT2D eigenvalue weighted by Gasteiger charge is -2.28. The van der Waals surface area contributed by atoms with Crippen LogP contribution in [0.25, 0.3) is 10.8 Å². The molecule has 3 aromatic carbocycles. The summed E-state index contributed by atoms with van der Waals surface area (Å²) in [6.45, 7) is 4.16. The molecule has 5 nitrogen and oxygen atoms in total. The van der Waals surface area contributed by atoms with Crippen LogP contribution in [0.5, 0.6) is 0 Å². The number of piperidine rings is 1. The Kier molecular flexibility index (Phi) is 6.63. The fourth-order valence-electron chi connectivity index (χ4n) is 4.46. The van der Waals surface area contributed by atoms with Crippen LogP contribution in [0.1, 0.15) is 31.4 Å². The lowest BCUT2D eigenvalue weighted by atomic mass is 9.95. The Labute approximate surface area is 183 Å². The van der Waals surface area contributed by atoms with E-state index in [-0.39, 0.29) is 23.8 Å². The zero-order valence-electron chi connectivity index (χ0n) is 17.9. The maximum absolute atomic E-state index is 12.7. The lowest BCUT2D eigenvalue weighted by Crippen LogP contribution is -3.14. The molecule has 5 heteroatoms. The van der Waals surface area contributed by atoms with Gasteiger partial charge in [-0.25, -0.2) is 0 Å². The number of hydrogen-bond acceptors (Lipinski definition) is 2. The maximum atomic E-state index is 12.7. The maximum Gasteiger partial charge on any atom is 0.275 e. The highest BCUT2D eigenvalue weighted by atomic mass is 16.2. The summed E-state index contributed by atoms with van der Waals surface area (Å²) >= 11 is 0. The summed E-state index contributed by atoms with van der Waals surface area (Å²) in [5.41, 5.74) is 1.97. The second kappa shape index (κ2) is 9.75. The van der Waals surface area contributed by atoms with E-state index in [1.165, 1.54) is 15.7 Å². The van der Waals surface area contributed by atoms with Gasteiger partial charge in [-0.15, -0.1) is 0 Å². The predicted molar refractivity (Wildman–Crippen MR) is 124 cm³/mol. The van der Waals surface area contributed by atoms with Gasteiger partial charge < -0.3 is 15.5 Å². The Morgan fingerprint density at radius 2 is 1.61 bits per heavy atom. The number of carbonyl (C=O) groups excluding carboxylic acids is 2. The van der Waals surface area contributed by atoms with E-state index in [1.54, 1.807) is 0 Å². The van der Waals surface area contributed by atoms with E-state index in [0.29, 0.717) is 6.54 Å². The molecule has 0 aliphatic carbocycles. The third kappa shape index (κ3) is 5.30. The van der Waals surface area contributed by atoms with Crippen LogP contribution in [0.15, 0.2) is 72.8 Å². The summed E-state index contributed by atoms with van der Waals surface area (Å²) in [6, 6.07) is 24.0. The highest BCUT2D eigenvalue weighted by Crippen LogP contribution is 2.23. The average molecular weight is 417 g/mol. The van der Waals surface area contributed by atoms with Crippen molar-refractivity contribution in [3.8, 4) is 0 Å². The van der Waals surface area contributed by atoms with Crippen molar-refractivity contribution in [2.75, 3.05) is 25.0 Å². The smallest absolute Gasteiger partial charge is 0.275 e. The van der Waals surface area contributed by atoms with E-state index in [2.05, 4.69) is 34.9 Å². The molecule has 0 bridgehead atoms. The Balaban J connectivity index is 1.26. The van der Waals surface area contributed by atoms with E-state index in [9.17, 15) is 9.59 Å². The molecule has 1 aliphatic rings. The van der Waals surface area contributed by atoms with E-state index < -0.39 is 0 Å². The van der Waals surface area contributed by atoms with Crippen molar-refractivity contribution in [1.29, 1.82) is 0 Å². The van der Waals surface area contributed by atoms with Crippen molar-refractivity contribution in [3.63, 3.8) is 0 Å². The molecule has 1 fully saturated rings. The minimum Gasteiger partial charge on any atom is -0.345 e. The molecule has 0 saturated carbocycles. The second-order valence-corrected chi connectivity index (χ2v) is 8.41. The van der Waals surface area contributed by atoms with Gasteiger partial charge in [-0.05, 0) is 35.4 Å². The van der Waals surface area contributed by atoms with Crippen molar-refractivity contribution in [2.24, 2.45) is 5.92 Å². The Morgan fingerprint density at radius 3 is 2.39 bits per heavy atom. The number of likely N-dealkylation sites (tertiary alicyclic amines) is 1. The van der Waals surface area contributed by atoms with Gasteiger partial charge in [0, 0.05) is 24.4 Å². The molecule has 1 saturated heterocycles. The van der Waals surface area contributed by atoms with Gasteiger partial charge in [-0.1, -0.05) is 60.7 Å². The molecule has 160 valence electrons. The summed E-state index contributed by atoms with van der Waals surface area (Å²) in [5.74, 6) is 0.156. The monoisotopic (exact) mass is 416 g/mol. The zero-order valence-corrected chi connectivity index (χ0v) is 17.9. The van der Waals surface area contributed by atoms with Crippen LogP contribution >= 0.6 is 0 Å². The summed E-state index contributed by atoms with van der Waals surface area (Å²) in [7, 11) is 0. The minimum absolute atomic E-state index is 0.0154. The van der Waals surface area contributed by atoms with Crippen LogP contribution in [0.2, 0.25) is 0 Å². The summed E-state index contributed by atoms with van der Waals surface area (Å²) in [4.78, 5) is 26.4. The van der Waals surface area contributed by atoms with Crippen LogP contribution in [0.3, 0.4) is 0 Å². The SMILES string of the molecule is C[C@@H](NC(=O)C[NH+]1CCC(C(=O)Nc2ccccc2)CC1)c1cccc2ccccc12. The van der Waals surface area contributed by atoms with Gasteiger partial charge in [0.05, 0.1) is 19.1 Å². The number of nitrogens with one attached hydrogen (secondary N) is 3. The summed E-state index contributed by atoms with van der Waals surface area (Å²) in [6.07, 6.45) is 1.61. The average Bonchev–Trinajstić information content (AvgIpc) is 2.79. The van der Waals surface area contributed by atoms with Crippen LogP contribution < -0.4 is 15.5 Å². The molecule has 1 heterocycles. The Morgan fingerprint density at radius 1 is 0.935 bits per heavy atom. The number of para-hydroxylation sites is 1. The summed E-state index contributed by atoms with van der Waals surface area (Å²) in [5, 5.41) is 8.52. The highest BCUT2D eigenvalue weighted by Gasteiger charge is 2.29. The van der Waals surface area contributed by atoms with Crippen LogP contribution in [0.4, 0.5) is 5.69 Å². The number of rotatable bonds is 6. The minimum atomic E-state index is -0.0489. The van der Waals surface area contributed by atoms with Gasteiger partial charge >= 0.3 is 0 Å². The molecule has 4 rings (SSSR count). The number of anilines is 1. The number of carbonyl (C=O) groups is 2. The third-order valence-corrected chi connectivity index (χ3v) is 6.18. The van der Waals surface area contributed by atoms with Crippen molar-refractivity contribution in [2.45, 2.75) is 25.8 Å². The first-order chi connectivity index (χ1) is 15.1.